The third kappa shape index (κ3) is 6.36. The Bertz CT molecular complexity index is 236. The Hall–Kier alpha value is -0.610. The van der Waals surface area contributed by atoms with E-state index in [9.17, 15) is 4.79 Å². The molecule has 1 aliphatic heterocycles. The maximum absolute atomic E-state index is 11.2. The first-order valence-electron chi connectivity index (χ1n) is 7.25. The van der Waals surface area contributed by atoms with E-state index in [2.05, 4.69) is 24.1 Å². The lowest BCUT2D eigenvalue weighted by atomic mass is 10.1. The molecular formula is C14H28N2O2. The van der Waals surface area contributed by atoms with Gasteiger partial charge in [-0.3, -0.25) is 4.79 Å². The number of hydrogen-bond acceptors (Lipinski definition) is 4. The first-order chi connectivity index (χ1) is 8.61. The normalized spacial score (nSPS) is 25.1. The Morgan fingerprint density at radius 2 is 1.89 bits per heavy atom. The molecule has 0 aromatic heterocycles. The van der Waals surface area contributed by atoms with E-state index in [-0.39, 0.29) is 5.97 Å². The molecule has 1 saturated heterocycles. The SMILES string of the molecule is CCOC(=O)CCCCCN1CC(C)NC(C)C1. The minimum absolute atomic E-state index is 0.0538. The molecule has 2 unspecified atom stereocenters. The number of carbonyl (C=O) groups excluding carboxylic acids is 1. The lowest BCUT2D eigenvalue weighted by molar-refractivity contribution is -0.143. The van der Waals surface area contributed by atoms with Gasteiger partial charge in [-0.25, -0.2) is 0 Å². The van der Waals surface area contributed by atoms with Crippen molar-refractivity contribution in [2.24, 2.45) is 0 Å². The summed E-state index contributed by atoms with van der Waals surface area (Å²) in [7, 11) is 0. The van der Waals surface area contributed by atoms with Gasteiger partial charge in [0.1, 0.15) is 0 Å². The topological polar surface area (TPSA) is 41.6 Å². The molecule has 2 atom stereocenters. The Morgan fingerprint density at radius 3 is 2.50 bits per heavy atom. The van der Waals surface area contributed by atoms with Crippen LogP contribution in [0, 0.1) is 0 Å². The van der Waals surface area contributed by atoms with E-state index in [1.54, 1.807) is 0 Å². The lowest BCUT2D eigenvalue weighted by Crippen LogP contribution is -2.54. The summed E-state index contributed by atoms with van der Waals surface area (Å²) in [5.41, 5.74) is 0. The Labute approximate surface area is 111 Å². The maximum Gasteiger partial charge on any atom is 0.305 e. The van der Waals surface area contributed by atoms with Crippen molar-refractivity contribution < 1.29 is 9.53 Å². The van der Waals surface area contributed by atoms with Crippen LogP contribution in [0.3, 0.4) is 0 Å². The average molecular weight is 256 g/mol. The molecule has 1 fully saturated rings. The number of carbonyl (C=O) groups is 1. The van der Waals surface area contributed by atoms with Gasteiger partial charge in [0.2, 0.25) is 0 Å². The summed E-state index contributed by atoms with van der Waals surface area (Å²) >= 11 is 0. The van der Waals surface area contributed by atoms with Crippen LogP contribution in [-0.4, -0.2) is 49.2 Å². The van der Waals surface area contributed by atoms with Crippen molar-refractivity contribution in [2.75, 3.05) is 26.2 Å². The fourth-order valence-electron chi connectivity index (χ4n) is 2.64. The third-order valence-electron chi connectivity index (χ3n) is 3.29. The Kier molecular flexibility index (Phi) is 7.28. The Balaban J connectivity index is 2.02. The first kappa shape index (κ1) is 15.4. The molecule has 1 N–H and O–H groups in total. The average Bonchev–Trinajstić information content (AvgIpc) is 2.27. The van der Waals surface area contributed by atoms with Crippen molar-refractivity contribution >= 4 is 5.97 Å². The minimum Gasteiger partial charge on any atom is -0.466 e. The predicted molar refractivity (Wildman–Crippen MR) is 73.6 cm³/mol. The molecule has 0 aliphatic carbocycles. The zero-order chi connectivity index (χ0) is 13.4. The van der Waals surface area contributed by atoms with Crippen molar-refractivity contribution in [1.29, 1.82) is 0 Å². The number of ether oxygens (including phenoxy) is 1. The smallest absolute Gasteiger partial charge is 0.305 e. The van der Waals surface area contributed by atoms with Crippen LogP contribution < -0.4 is 5.32 Å². The van der Waals surface area contributed by atoms with Crippen LogP contribution in [0.15, 0.2) is 0 Å². The zero-order valence-electron chi connectivity index (χ0n) is 12.1. The van der Waals surface area contributed by atoms with Gasteiger partial charge < -0.3 is 15.0 Å². The number of hydrogen-bond donors (Lipinski definition) is 1. The summed E-state index contributed by atoms with van der Waals surface area (Å²) in [4.78, 5) is 13.7. The number of nitrogens with zero attached hydrogens (tertiary/aromatic N) is 1. The molecule has 1 heterocycles. The maximum atomic E-state index is 11.2. The van der Waals surface area contributed by atoms with Crippen molar-refractivity contribution in [1.82, 2.24) is 10.2 Å². The van der Waals surface area contributed by atoms with Crippen molar-refractivity contribution in [2.45, 2.75) is 58.5 Å². The van der Waals surface area contributed by atoms with Gasteiger partial charge in [-0.15, -0.1) is 0 Å². The number of nitrogens with one attached hydrogen (secondary N) is 1. The van der Waals surface area contributed by atoms with Crippen LogP contribution in [0.2, 0.25) is 0 Å². The monoisotopic (exact) mass is 256 g/mol. The summed E-state index contributed by atoms with van der Waals surface area (Å²) in [5, 5.41) is 3.54. The minimum atomic E-state index is -0.0538. The van der Waals surface area contributed by atoms with Gasteiger partial charge in [-0.1, -0.05) is 6.42 Å². The molecule has 0 aromatic rings. The largest absolute Gasteiger partial charge is 0.466 e. The van der Waals surface area contributed by atoms with Crippen molar-refractivity contribution in [3.63, 3.8) is 0 Å². The van der Waals surface area contributed by atoms with E-state index in [4.69, 9.17) is 4.74 Å². The summed E-state index contributed by atoms with van der Waals surface area (Å²) in [5.74, 6) is -0.0538. The molecule has 0 aromatic carbocycles. The van der Waals surface area contributed by atoms with Gasteiger partial charge in [-0.05, 0) is 40.2 Å². The van der Waals surface area contributed by atoms with E-state index in [0.717, 1.165) is 32.5 Å². The standard InChI is InChI=1S/C14H28N2O2/c1-4-18-14(17)8-6-5-7-9-16-10-12(2)15-13(3)11-16/h12-13,15H,4-11H2,1-3H3. The second-order valence-corrected chi connectivity index (χ2v) is 5.34. The lowest BCUT2D eigenvalue weighted by Gasteiger charge is -2.36. The number of esters is 1. The quantitative estimate of drug-likeness (QED) is 0.557. The highest BCUT2D eigenvalue weighted by Gasteiger charge is 2.19. The van der Waals surface area contributed by atoms with E-state index >= 15 is 0 Å². The van der Waals surface area contributed by atoms with E-state index in [0.29, 0.717) is 25.1 Å². The molecule has 0 radical (unpaired) electrons. The van der Waals surface area contributed by atoms with Gasteiger partial charge in [0.15, 0.2) is 0 Å². The molecule has 106 valence electrons. The summed E-state index contributed by atoms with van der Waals surface area (Å²) in [6.45, 7) is 10.3. The first-order valence-corrected chi connectivity index (χ1v) is 7.25. The van der Waals surface area contributed by atoms with Crippen LogP contribution in [0.5, 0.6) is 0 Å². The molecular weight excluding hydrogens is 228 g/mol. The van der Waals surface area contributed by atoms with Crippen molar-refractivity contribution in [3.05, 3.63) is 0 Å². The molecule has 0 bridgehead atoms. The zero-order valence-corrected chi connectivity index (χ0v) is 12.1. The highest BCUT2D eigenvalue weighted by atomic mass is 16.5. The molecule has 0 spiro atoms. The molecule has 1 rings (SSSR count). The molecule has 0 saturated carbocycles. The molecule has 0 amide bonds. The van der Waals surface area contributed by atoms with Gasteiger partial charge >= 0.3 is 5.97 Å². The van der Waals surface area contributed by atoms with Crippen LogP contribution in [0.4, 0.5) is 0 Å². The van der Waals surface area contributed by atoms with Gasteiger partial charge in [0.05, 0.1) is 6.61 Å². The van der Waals surface area contributed by atoms with E-state index in [1.807, 2.05) is 6.92 Å². The highest BCUT2D eigenvalue weighted by Crippen LogP contribution is 2.07. The summed E-state index contributed by atoms with van der Waals surface area (Å²) in [6.07, 6.45) is 3.82. The summed E-state index contributed by atoms with van der Waals surface area (Å²) < 4.78 is 4.91. The number of rotatable bonds is 7. The molecule has 1 aliphatic rings. The fraction of sp³-hybridized carbons (Fsp3) is 0.929. The van der Waals surface area contributed by atoms with E-state index in [1.165, 1.54) is 6.42 Å². The Morgan fingerprint density at radius 1 is 1.22 bits per heavy atom. The second kappa shape index (κ2) is 8.48. The summed E-state index contributed by atoms with van der Waals surface area (Å²) in [6, 6.07) is 1.18. The third-order valence-corrected chi connectivity index (χ3v) is 3.29. The molecule has 18 heavy (non-hydrogen) atoms. The van der Waals surface area contributed by atoms with Gasteiger partial charge in [0, 0.05) is 31.6 Å². The van der Waals surface area contributed by atoms with Crippen LogP contribution in [0.25, 0.3) is 0 Å². The van der Waals surface area contributed by atoms with Gasteiger partial charge in [0.25, 0.3) is 0 Å². The molecule has 4 nitrogen and oxygen atoms in total. The number of piperazine rings is 1. The van der Waals surface area contributed by atoms with Gasteiger partial charge in [-0.2, -0.15) is 0 Å². The second-order valence-electron chi connectivity index (χ2n) is 5.34. The molecule has 4 heteroatoms. The predicted octanol–water partition coefficient (Wildman–Crippen LogP) is 1.79. The highest BCUT2D eigenvalue weighted by molar-refractivity contribution is 5.69. The number of unbranched alkanes of at least 4 members (excludes halogenated alkanes) is 2. The van der Waals surface area contributed by atoms with Crippen molar-refractivity contribution in [3.8, 4) is 0 Å². The van der Waals surface area contributed by atoms with Crippen LogP contribution in [-0.2, 0) is 9.53 Å². The van der Waals surface area contributed by atoms with E-state index < -0.39 is 0 Å². The van der Waals surface area contributed by atoms with Crippen LogP contribution >= 0.6 is 0 Å². The fourth-order valence-corrected chi connectivity index (χ4v) is 2.64. The van der Waals surface area contributed by atoms with Crippen LogP contribution in [0.1, 0.15) is 46.5 Å².